The smallest absolute Gasteiger partial charge is 0.148 e. The van der Waals surface area contributed by atoms with Gasteiger partial charge in [-0.15, -0.1) is 0 Å². The van der Waals surface area contributed by atoms with Gasteiger partial charge in [0, 0.05) is 13.1 Å². The number of nitrogens with zero attached hydrogens (tertiary/aromatic N) is 2. The second kappa shape index (κ2) is 5.06. The second-order valence-electron chi connectivity index (χ2n) is 7.01. The Bertz CT molecular complexity index is 435. The van der Waals surface area contributed by atoms with Crippen LogP contribution in [0.4, 0.5) is 11.5 Å². The first-order valence-electron chi connectivity index (χ1n) is 7.39. The lowest BCUT2D eigenvalue weighted by atomic mass is 9.75. The second-order valence-corrected chi connectivity index (χ2v) is 7.01. The van der Waals surface area contributed by atoms with Crippen molar-refractivity contribution < 1.29 is 0 Å². The number of hydrogen-bond donors (Lipinski definition) is 2. The third-order valence-electron chi connectivity index (χ3n) is 4.34. The highest BCUT2D eigenvalue weighted by atomic mass is 15.3. The summed E-state index contributed by atoms with van der Waals surface area (Å²) in [6.45, 7) is 8.98. The largest absolute Gasteiger partial charge is 0.394 e. The fraction of sp³-hybridized carbons (Fsp3) is 0.800. The van der Waals surface area contributed by atoms with Gasteiger partial charge in [0.15, 0.2) is 0 Å². The molecule has 0 aliphatic heterocycles. The molecule has 19 heavy (non-hydrogen) atoms. The Morgan fingerprint density at radius 1 is 1.32 bits per heavy atom. The zero-order valence-corrected chi connectivity index (χ0v) is 13.0. The Hall–Kier alpha value is -1.19. The molecule has 1 aromatic heterocycles. The van der Waals surface area contributed by atoms with Gasteiger partial charge < -0.3 is 11.1 Å². The van der Waals surface area contributed by atoms with E-state index in [1.165, 1.54) is 25.7 Å². The maximum absolute atomic E-state index is 6.23. The molecular formula is C15H28N4. The number of aryl methyl sites for hydroxylation is 1. The average Bonchev–Trinajstić information content (AvgIpc) is 2.59. The van der Waals surface area contributed by atoms with Gasteiger partial charge in [0.25, 0.3) is 0 Å². The van der Waals surface area contributed by atoms with Crippen molar-refractivity contribution in [1.29, 1.82) is 0 Å². The van der Waals surface area contributed by atoms with Gasteiger partial charge in [-0.05, 0) is 37.0 Å². The molecule has 4 nitrogen and oxygen atoms in total. The van der Waals surface area contributed by atoms with Crippen LogP contribution < -0.4 is 11.1 Å². The lowest BCUT2D eigenvalue weighted by Gasteiger charge is -2.35. The van der Waals surface area contributed by atoms with Crippen LogP contribution in [0.5, 0.6) is 0 Å². The van der Waals surface area contributed by atoms with Crippen LogP contribution in [0, 0.1) is 5.41 Å². The van der Waals surface area contributed by atoms with Gasteiger partial charge in [-0.25, -0.2) is 0 Å². The van der Waals surface area contributed by atoms with E-state index in [0.29, 0.717) is 17.4 Å². The summed E-state index contributed by atoms with van der Waals surface area (Å²) in [5, 5.41) is 8.14. The zero-order valence-electron chi connectivity index (χ0n) is 13.0. The predicted molar refractivity (Wildman–Crippen MR) is 81.4 cm³/mol. The molecule has 0 atom stereocenters. The van der Waals surface area contributed by atoms with E-state index < -0.39 is 0 Å². The van der Waals surface area contributed by atoms with E-state index in [1.807, 2.05) is 11.7 Å². The van der Waals surface area contributed by atoms with Gasteiger partial charge in [-0.1, -0.05) is 27.7 Å². The van der Waals surface area contributed by atoms with Crippen molar-refractivity contribution in [2.24, 2.45) is 12.5 Å². The molecule has 1 saturated carbocycles. The predicted octanol–water partition coefficient (Wildman–Crippen LogP) is 3.51. The molecule has 1 fully saturated rings. The highest BCUT2D eigenvalue weighted by Gasteiger charge is 2.28. The van der Waals surface area contributed by atoms with Crippen molar-refractivity contribution in [2.75, 3.05) is 11.1 Å². The van der Waals surface area contributed by atoms with Crippen LogP contribution in [0.15, 0.2) is 0 Å². The minimum Gasteiger partial charge on any atom is -0.394 e. The Labute approximate surface area is 116 Å². The van der Waals surface area contributed by atoms with Gasteiger partial charge in [0.05, 0.1) is 11.4 Å². The molecule has 0 saturated heterocycles. The molecule has 0 aromatic carbocycles. The molecule has 1 aromatic rings. The van der Waals surface area contributed by atoms with E-state index in [-0.39, 0.29) is 0 Å². The molecule has 0 amide bonds. The summed E-state index contributed by atoms with van der Waals surface area (Å²) in [6, 6.07) is 0.533. The van der Waals surface area contributed by atoms with Gasteiger partial charge in [0.1, 0.15) is 5.82 Å². The van der Waals surface area contributed by atoms with Crippen LogP contribution in [-0.4, -0.2) is 15.8 Å². The van der Waals surface area contributed by atoms with Gasteiger partial charge >= 0.3 is 0 Å². The third-order valence-corrected chi connectivity index (χ3v) is 4.34. The average molecular weight is 264 g/mol. The molecule has 108 valence electrons. The number of aromatic nitrogens is 2. The van der Waals surface area contributed by atoms with Crippen LogP contribution in [0.3, 0.4) is 0 Å². The lowest BCUT2D eigenvalue weighted by Crippen LogP contribution is -2.30. The number of nitrogen functional groups attached to an aromatic ring is 1. The summed E-state index contributed by atoms with van der Waals surface area (Å²) in [4.78, 5) is 0. The molecule has 1 aliphatic carbocycles. The van der Waals surface area contributed by atoms with E-state index in [1.54, 1.807) is 0 Å². The highest BCUT2D eigenvalue weighted by Crippen LogP contribution is 2.37. The zero-order chi connectivity index (χ0) is 14.2. The fourth-order valence-electron chi connectivity index (χ4n) is 2.90. The third kappa shape index (κ3) is 3.04. The van der Waals surface area contributed by atoms with Crippen molar-refractivity contribution in [2.45, 2.75) is 65.3 Å². The van der Waals surface area contributed by atoms with Crippen LogP contribution in [0.25, 0.3) is 0 Å². The van der Waals surface area contributed by atoms with E-state index >= 15 is 0 Å². The molecule has 0 spiro atoms. The maximum Gasteiger partial charge on any atom is 0.148 e. The Balaban J connectivity index is 2.08. The van der Waals surface area contributed by atoms with Gasteiger partial charge in [0.2, 0.25) is 0 Å². The van der Waals surface area contributed by atoms with Gasteiger partial charge in [-0.3, -0.25) is 4.68 Å². The first-order valence-corrected chi connectivity index (χ1v) is 7.39. The maximum atomic E-state index is 6.23. The monoisotopic (exact) mass is 264 g/mol. The fourth-order valence-corrected chi connectivity index (χ4v) is 2.90. The minimum absolute atomic E-state index is 0.368. The molecule has 4 heteroatoms. The van der Waals surface area contributed by atoms with Crippen LogP contribution in [0.2, 0.25) is 0 Å². The molecule has 0 unspecified atom stereocenters. The van der Waals surface area contributed by atoms with Crippen molar-refractivity contribution >= 4 is 11.5 Å². The molecule has 0 radical (unpaired) electrons. The number of nitrogens with one attached hydrogen (secondary N) is 1. The van der Waals surface area contributed by atoms with E-state index in [4.69, 9.17) is 5.73 Å². The summed E-state index contributed by atoms with van der Waals surface area (Å²) >= 11 is 0. The number of nitrogens with two attached hydrogens (primary N) is 1. The molecule has 0 bridgehead atoms. The first kappa shape index (κ1) is 14.2. The quantitative estimate of drug-likeness (QED) is 0.878. The Morgan fingerprint density at radius 2 is 1.89 bits per heavy atom. The van der Waals surface area contributed by atoms with E-state index in [9.17, 15) is 0 Å². The molecule has 1 aliphatic rings. The molecular weight excluding hydrogens is 236 g/mol. The summed E-state index contributed by atoms with van der Waals surface area (Å²) in [5.74, 6) is 1.36. The normalized spacial score (nSPS) is 19.9. The summed E-state index contributed by atoms with van der Waals surface area (Å²) in [6.07, 6.45) is 4.99. The van der Waals surface area contributed by atoms with Crippen molar-refractivity contribution in [3.8, 4) is 0 Å². The highest BCUT2D eigenvalue weighted by molar-refractivity contribution is 5.66. The van der Waals surface area contributed by atoms with Crippen molar-refractivity contribution in [3.63, 3.8) is 0 Å². The number of anilines is 2. The lowest BCUT2D eigenvalue weighted by molar-refractivity contribution is 0.232. The SMILES string of the molecule is CC(C)c1nn(C)c(NC2CCC(C)(C)CC2)c1N. The molecule has 1 heterocycles. The van der Waals surface area contributed by atoms with E-state index in [2.05, 4.69) is 38.1 Å². The summed E-state index contributed by atoms with van der Waals surface area (Å²) < 4.78 is 1.89. The number of rotatable bonds is 3. The summed E-state index contributed by atoms with van der Waals surface area (Å²) in [7, 11) is 1.97. The molecule has 3 N–H and O–H groups in total. The topological polar surface area (TPSA) is 55.9 Å². The van der Waals surface area contributed by atoms with Crippen LogP contribution in [-0.2, 0) is 7.05 Å². The standard InChI is InChI=1S/C15H28N4/c1-10(2)13-12(16)14(19(5)18-13)17-11-6-8-15(3,4)9-7-11/h10-11,17H,6-9,16H2,1-5H3. The van der Waals surface area contributed by atoms with Gasteiger partial charge in [-0.2, -0.15) is 5.10 Å². The minimum atomic E-state index is 0.368. The van der Waals surface area contributed by atoms with Crippen LogP contribution in [0.1, 0.15) is 65.0 Å². The van der Waals surface area contributed by atoms with Crippen molar-refractivity contribution in [1.82, 2.24) is 9.78 Å². The van der Waals surface area contributed by atoms with Crippen LogP contribution >= 0.6 is 0 Å². The first-order chi connectivity index (χ1) is 8.80. The Morgan fingerprint density at radius 3 is 2.37 bits per heavy atom. The van der Waals surface area contributed by atoms with Crippen molar-refractivity contribution in [3.05, 3.63) is 5.69 Å². The van der Waals surface area contributed by atoms with E-state index in [0.717, 1.165) is 17.2 Å². The molecule has 2 rings (SSSR count). The summed E-state index contributed by atoms with van der Waals surface area (Å²) in [5.41, 5.74) is 8.55. The Kier molecular flexibility index (Phi) is 3.79. The number of hydrogen-bond acceptors (Lipinski definition) is 3.